The maximum Gasteiger partial charge on any atom is 0.407 e. The van der Waals surface area contributed by atoms with Crippen molar-refractivity contribution < 1.29 is 28.2 Å². The number of nitrogens with zero attached hydrogens (tertiary/aromatic N) is 2. The molecule has 2 N–H and O–H groups in total. The molecule has 0 spiro atoms. The van der Waals surface area contributed by atoms with E-state index in [-0.39, 0.29) is 41.6 Å². The third-order valence-corrected chi connectivity index (χ3v) is 5.99. The van der Waals surface area contributed by atoms with E-state index in [1.807, 2.05) is 6.92 Å². The lowest BCUT2D eigenvalue weighted by Crippen LogP contribution is -2.42. The van der Waals surface area contributed by atoms with Crippen LogP contribution in [0.3, 0.4) is 0 Å². The molecular weight excluding hydrogens is 436 g/mol. The van der Waals surface area contributed by atoms with E-state index in [0.29, 0.717) is 12.8 Å². The van der Waals surface area contributed by atoms with Crippen molar-refractivity contribution in [3.63, 3.8) is 0 Å². The van der Waals surface area contributed by atoms with Crippen LogP contribution in [0.4, 0.5) is 19.3 Å². The van der Waals surface area contributed by atoms with Gasteiger partial charge in [0.15, 0.2) is 5.82 Å². The van der Waals surface area contributed by atoms with Gasteiger partial charge in [0.1, 0.15) is 22.7 Å². The van der Waals surface area contributed by atoms with Gasteiger partial charge in [-0.25, -0.2) is 18.4 Å². The fourth-order valence-corrected chi connectivity index (χ4v) is 4.31. The molecule has 1 saturated carbocycles. The number of carbonyl (C=O) groups is 2. The number of alkyl carbamates (subject to hydrolysis) is 1. The number of aromatic carboxylic acids is 1. The van der Waals surface area contributed by atoms with E-state index < -0.39 is 46.3 Å². The molecule has 1 aromatic carbocycles. The van der Waals surface area contributed by atoms with Gasteiger partial charge in [0.25, 0.3) is 0 Å². The highest BCUT2D eigenvalue weighted by atomic mass is 19.1. The predicted molar refractivity (Wildman–Crippen MR) is 118 cm³/mol. The van der Waals surface area contributed by atoms with E-state index in [1.165, 1.54) is 9.47 Å². The van der Waals surface area contributed by atoms with E-state index in [0.717, 1.165) is 12.3 Å². The minimum atomic E-state index is -1.44. The van der Waals surface area contributed by atoms with Crippen molar-refractivity contribution >= 4 is 28.7 Å². The highest BCUT2D eigenvalue weighted by molar-refractivity contribution is 5.94. The smallest absolute Gasteiger partial charge is 0.407 e. The molecule has 1 aliphatic carbocycles. The molecule has 0 radical (unpaired) electrons. The van der Waals surface area contributed by atoms with E-state index in [1.54, 1.807) is 20.8 Å². The Labute approximate surface area is 189 Å². The quantitative estimate of drug-likeness (QED) is 0.718. The molecule has 1 saturated heterocycles. The Morgan fingerprint density at radius 1 is 1.21 bits per heavy atom. The zero-order valence-electron chi connectivity index (χ0n) is 18.9. The van der Waals surface area contributed by atoms with Crippen molar-refractivity contribution in [3.8, 4) is 0 Å². The number of carbonyl (C=O) groups excluding carboxylic acids is 1. The number of halogens is 2. The SMILES string of the molecule is C[C@H]1CN(c2c(F)cc3c(=O)c(C(=O)O)cn(C4CC4)c3c2F)C[C@@H]1NC(=O)OC(C)(C)C. The molecular formula is C23H27F2N3O5. The van der Waals surface area contributed by atoms with Crippen LogP contribution in [0.2, 0.25) is 0 Å². The summed E-state index contributed by atoms with van der Waals surface area (Å²) in [5.74, 6) is -3.42. The molecule has 178 valence electrons. The number of ether oxygens (including phenoxy) is 1. The number of rotatable bonds is 4. The Balaban J connectivity index is 1.73. The largest absolute Gasteiger partial charge is 0.477 e. The average Bonchev–Trinajstić information content (AvgIpc) is 3.45. The highest BCUT2D eigenvalue weighted by Gasteiger charge is 2.36. The number of pyridine rings is 1. The van der Waals surface area contributed by atoms with Crippen LogP contribution in [-0.4, -0.2) is 46.5 Å². The topological polar surface area (TPSA) is 101 Å². The van der Waals surface area contributed by atoms with Crippen LogP contribution in [0.1, 0.15) is 56.9 Å². The van der Waals surface area contributed by atoms with Crippen molar-refractivity contribution in [1.82, 2.24) is 9.88 Å². The molecule has 10 heteroatoms. The predicted octanol–water partition coefficient (Wildman–Crippen LogP) is 3.66. The average molecular weight is 463 g/mol. The first-order chi connectivity index (χ1) is 15.4. The number of nitrogens with one attached hydrogen (secondary N) is 1. The first-order valence-electron chi connectivity index (χ1n) is 10.9. The fourth-order valence-electron chi connectivity index (χ4n) is 4.31. The first-order valence-corrected chi connectivity index (χ1v) is 10.9. The Morgan fingerprint density at radius 2 is 1.88 bits per heavy atom. The molecule has 2 heterocycles. The molecule has 4 rings (SSSR count). The third kappa shape index (κ3) is 4.38. The Hall–Kier alpha value is -3.17. The summed E-state index contributed by atoms with van der Waals surface area (Å²) in [6.07, 6.45) is 1.97. The third-order valence-electron chi connectivity index (χ3n) is 5.99. The van der Waals surface area contributed by atoms with Crippen LogP contribution in [0, 0.1) is 17.6 Å². The number of carboxylic acids is 1. The van der Waals surface area contributed by atoms with Crippen LogP contribution in [0.5, 0.6) is 0 Å². The van der Waals surface area contributed by atoms with Crippen LogP contribution in [0.25, 0.3) is 10.9 Å². The normalized spacial score (nSPS) is 20.8. The van der Waals surface area contributed by atoms with Gasteiger partial charge in [0.05, 0.1) is 16.9 Å². The standard InChI is InChI=1S/C23H27F2N3O5/c1-11-8-27(10-16(11)26-22(32)33-23(2,3)4)19-15(24)7-13-18(17(19)25)28(12-5-6-12)9-14(20(13)29)21(30)31/h7,9,11-12,16H,5-6,8,10H2,1-4H3,(H,26,32)(H,30,31)/t11-,16-/m0/s1. The zero-order valence-corrected chi connectivity index (χ0v) is 18.9. The van der Waals surface area contributed by atoms with Gasteiger partial charge in [0, 0.05) is 25.3 Å². The van der Waals surface area contributed by atoms with Crippen LogP contribution in [-0.2, 0) is 4.74 Å². The van der Waals surface area contributed by atoms with E-state index in [4.69, 9.17) is 4.74 Å². The van der Waals surface area contributed by atoms with E-state index in [2.05, 4.69) is 5.32 Å². The highest BCUT2D eigenvalue weighted by Crippen LogP contribution is 2.40. The number of benzene rings is 1. The number of anilines is 1. The summed E-state index contributed by atoms with van der Waals surface area (Å²) >= 11 is 0. The lowest BCUT2D eigenvalue weighted by molar-refractivity contribution is 0.0499. The number of hydrogen-bond donors (Lipinski definition) is 2. The summed E-state index contributed by atoms with van der Waals surface area (Å²) in [5.41, 5.74) is -2.50. The van der Waals surface area contributed by atoms with Gasteiger partial charge in [-0.2, -0.15) is 0 Å². The maximum absolute atomic E-state index is 15.8. The molecule has 2 fully saturated rings. The minimum absolute atomic E-state index is 0.0971. The van der Waals surface area contributed by atoms with Crippen LogP contribution in [0.15, 0.2) is 17.1 Å². The zero-order chi connectivity index (χ0) is 24.2. The summed E-state index contributed by atoms with van der Waals surface area (Å²) in [6, 6.07) is 0.383. The summed E-state index contributed by atoms with van der Waals surface area (Å²) in [6.45, 7) is 7.52. The Morgan fingerprint density at radius 3 is 2.45 bits per heavy atom. The summed E-state index contributed by atoms with van der Waals surface area (Å²) in [5, 5.41) is 11.8. The number of amides is 1. The number of carboxylic acid groups (broad SMARTS) is 1. The second-order valence-electron chi connectivity index (χ2n) is 9.87. The van der Waals surface area contributed by atoms with Gasteiger partial charge in [-0.05, 0) is 45.6 Å². The monoisotopic (exact) mass is 463 g/mol. The van der Waals surface area contributed by atoms with Crippen LogP contribution >= 0.6 is 0 Å². The van der Waals surface area contributed by atoms with Crippen molar-refractivity contribution in [2.75, 3.05) is 18.0 Å². The van der Waals surface area contributed by atoms with Crippen molar-refractivity contribution in [3.05, 3.63) is 39.7 Å². The van der Waals surface area contributed by atoms with Gasteiger partial charge >= 0.3 is 12.1 Å². The number of aromatic nitrogens is 1. The summed E-state index contributed by atoms with van der Waals surface area (Å²) < 4.78 is 37.6. The molecule has 8 nitrogen and oxygen atoms in total. The second kappa shape index (κ2) is 8.00. The van der Waals surface area contributed by atoms with Gasteiger partial charge < -0.3 is 24.6 Å². The fraction of sp³-hybridized carbons (Fsp3) is 0.522. The molecule has 2 aromatic rings. The van der Waals surface area contributed by atoms with Crippen molar-refractivity contribution in [2.45, 2.75) is 58.2 Å². The maximum atomic E-state index is 15.8. The molecule has 0 unspecified atom stereocenters. The minimum Gasteiger partial charge on any atom is -0.477 e. The molecule has 1 aromatic heterocycles. The van der Waals surface area contributed by atoms with Gasteiger partial charge in [0.2, 0.25) is 5.43 Å². The summed E-state index contributed by atoms with van der Waals surface area (Å²) in [4.78, 5) is 37.8. The molecule has 2 aliphatic rings. The lowest BCUT2D eigenvalue weighted by atomic mass is 10.1. The Bertz CT molecular complexity index is 1200. The molecule has 2 atom stereocenters. The summed E-state index contributed by atoms with van der Waals surface area (Å²) in [7, 11) is 0. The first kappa shape index (κ1) is 23.0. The molecule has 33 heavy (non-hydrogen) atoms. The van der Waals surface area contributed by atoms with Gasteiger partial charge in [-0.15, -0.1) is 0 Å². The molecule has 1 amide bonds. The molecule has 1 aliphatic heterocycles. The van der Waals surface area contributed by atoms with Gasteiger partial charge in [-0.3, -0.25) is 4.79 Å². The van der Waals surface area contributed by atoms with E-state index >= 15 is 8.78 Å². The second-order valence-corrected chi connectivity index (χ2v) is 9.87. The van der Waals surface area contributed by atoms with Gasteiger partial charge in [-0.1, -0.05) is 6.92 Å². The van der Waals surface area contributed by atoms with E-state index in [9.17, 15) is 19.5 Å². The molecule has 0 bridgehead atoms. The Kier molecular flexibility index (Phi) is 5.58. The van der Waals surface area contributed by atoms with Crippen molar-refractivity contribution in [1.29, 1.82) is 0 Å². The van der Waals surface area contributed by atoms with Crippen molar-refractivity contribution in [2.24, 2.45) is 5.92 Å². The lowest BCUT2D eigenvalue weighted by Gasteiger charge is -2.24. The number of hydrogen-bond acceptors (Lipinski definition) is 5. The van der Waals surface area contributed by atoms with Crippen LogP contribution < -0.4 is 15.6 Å². The number of fused-ring (bicyclic) bond motifs is 1.